The summed E-state index contributed by atoms with van der Waals surface area (Å²) < 4.78 is 5.38. The lowest BCUT2D eigenvalue weighted by atomic mass is 9.92. The van der Waals surface area contributed by atoms with E-state index in [1.165, 1.54) is 0 Å². The van der Waals surface area contributed by atoms with E-state index in [0.29, 0.717) is 11.6 Å². The molecule has 2 heterocycles. The Morgan fingerprint density at radius 2 is 1.88 bits per heavy atom. The maximum Gasteiger partial charge on any atom is 0.135 e. The van der Waals surface area contributed by atoms with Gasteiger partial charge in [-0.1, -0.05) is 0 Å². The zero-order chi connectivity index (χ0) is 12.5. The van der Waals surface area contributed by atoms with Crippen molar-refractivity contribution < 1.29 is 4.74 Å². The summed E-state index contributed by atoms with van der Waals surface area (Å²) in [6, 6.07) is 0. The molecule has 3 N–H and O–H groups in total. The second kappa shape index (κ2) is 4.49. The Bertz CT molecular complexity index is 413. The molecule has 0 bridgehead atoms. The molecule has 0 unspecified atom stereocenters. The summed E-state index contributed by atoms with van der Waals surface area (Å²) in [5.41, 5.74) is 6.81. The van der Waals surface area contributed by atoms with Gasteiger partial charge in [0.1, 0.15) is 17.5 Å². The molecule has 5 nitrogen and oxygen atoms in total. The van der Waals surface area contributed by atoms with E-state index >= 15 is 0 Å². The lowest BCUT2D eigenvalue weighted by molar-refractivity contribution is 0.0657. The van der Waals surface area contributed by atoms with Crippen LogP contribution in [0.2, 0.25) is 0 Å². The number of nitrogen functional groups attached to an aromatic ring is 1. The van der Waals surface area contributed by atoms with Gasteiger partial charge in [0.15, 0.2) is 0 Å². The Morgan fingerprint density at radius 3 is 2.53 bits per heavy atom. The molecule has 0 aliphatic carbocycles. The van der Waals surface area contributed by atoms with Crippen LogP contribution in [0.25, 0.3) is 0 Å². The first-order chi connectivity index (χ1) is 8.00. The molecule has 17 heavy (non-hydrogen) atoms. The number of nitrogens with zero attached hydrogens (tertiary/aromatic N) is 2. The third-order valence-corrected chi connectivity index (χ3v) is 3.31. The van der Waals surface area contributed by atoms with Crippen LogP contribution in [0.5, 0.6) is 0 Å². The average molecular weight is 236 g/mol. The Morgan fingerprint density at radius 1 is 1.24 bits per heavy atom. The molecule has 2 rings (SSSR count). The Labute approximate surface area is 102 Å². The molecule has 94 valence electrons. The summed E-state index contributed by atoms with van der Waals surface area (Å²) in [7, 11) is 0. The second-order valence-corrected chi connectivity index (χ2v) is 4.93. The summed E-state index contributed by atoms with van der Waals surface area (Å²) in [6.07, 6.45) is 1.96. The molecule has 1 fully saturated rings. The minimum atomic E-state index is 0.0379. The van der Waals surface area contributed by atoms with Crippen LogP contribution in [0, 0.1) is 13.8 Å². The van der Waals surface area contributed by atoms with Gasteiger partial charge in [-0.3, -0.25) is 0 Å². The molecular weight excluding hydrogens is 216 g/mol. The van der Waals surface area contributed by atoms with Gasteiger partial charge in [-0.2, -0.15) is 0 Å². The molecule has 5 heteroatoms. The van der Waals surface area contributed by atoms with Gasteiger partial charge in [0.2, 0.25) is 0 Å². The molecule has 1 aliphatic rings. The van der Waals surface area contributed by atoms with Gasteiger partial charge >= 0.3 is 0 Å². The number of aromatic nitrogens is 2. The highest BCUT2D eigenvalue weighted by Gasteiger charge is 2.28. The van der Waals surface area contributed by atoms with Crippen LogP contribution in [0.15, 0.2) is 0 Å². The van der Waals surface area contributed by atoms with Crippen molar-refractivity contribution in [2.75, 3.05) is 24.3 Å². The Kier molecular flexibility index (Phi) is 3.19. The number of aryl methyl sites for hydroxylation is 1. The number of hydrogen-bond acceptors (Lipinski definition) is 5. The summed E-state index contributed by atoms with van der Waals surface area (Å²) in [4.78, 5) is 8.58. The van der Waals surface area contributed by atoms with Crippen molar-refractivity contribution >= 4 is 11.6 Å². The fourth-order valence-electron chi connectivity index (χ4n) is 2.00. The van der Waals surface area contributed by atoms with Crippen molar-refractivity contribution in [2.45, 2.75) is 39.2 Å². The van der Waals surface area contributed by atoms with Gasteiger partial charge in [-0.15, -0.1) is 0 Å². The minimum absolute atomic E-state index is 0.0379. The van der Waals surface area contributed by atoms with Crippen molar-refractivity contribution in [1.29, 1.82) is 0 Å². The molecule has 1 aliphatic heterocycles. The molecule has 0 aromatic carbocycles. The van der Waals surface area contributed by atoms with Gasteiger partial charge in [-0.25, -0.2) is 9.97 Å². The van der Waals surface area contributed by atoms with Crippen molar-refractivity contribution in [3.05, 3.63) is 11.4 Å². The lowest BCUT2D eigenvalue weighted by Gasteiger charge is -2.35. The van der Waals surface area contributed by atoms with E-state index in [2.05, 4.69) is 22.2 Å². The molecular formula is C12H20N4O. The van der Waals surface area contributed by atoms with Crippen LogP contribution in [0.1, 0.15) is 31.2 Å². The van der Waals surface area contributed by atoms with Crippen molar-refractivity contribution in [1.82, 2.24) is 9.97 Å². The number of rotatable bonds is 2. The fourth-order valence-corrected chi connectivity index (χ4v) is 2.00. The molecule has 0 saturated carbocycles. The summed E-state index contributed by atoms with van der Waals surface area (Å²) in [6.45, 7) is 7.58. The van der Waals surface area contributed by atoms with Crippen LogP contribution in [0.4, 0.5) is 11.6 Å². The maximum atomic E-state index is 5.85. The highest BCUT2D eigenvalue weighted by atomic mass is 16.5. The average Bonchev–Trinajstić information content (AvgIpc) is 2.26. The summed E-state index contributed by atoms with van der Waals surface area (Å²) >= 11 is 0. The number of ether oxygens (including phenoxy) is 1. The lowest BCUT2D eigenvalue weighted by Crippen LogP contribution is -2.41. The second-order valence-electron chi connectivity index (χ2n) is 4.93. The van der Waals surface area contributed by atoms with Crippen molar-refractivity contribution in [3.63, 3.8) is 0 Å². The molecule has 0 atom stereocenters. The van der Waals surface area contributed by atoms with Gasteiger partial charge < -0.3 is 15.8 Å². The zero-order valence-corrected chi connectivity index (χ0v) is 10.7. The first kappa shape index (κ1) is 12.1. The first-order valence-corrected chi connectivity index (χ1v) is 5.97. The van der Waals surface area contributed by atoms with Gasteiger partial charge in [0.25, 0.3) is 0 Å². The normalized spacial score (nSPS) is 19.0. The third kappa shape index (κ3) is 2.66. The number of hydrogen-bond donors (Lipinski definition) is 2. The molecule has 0 spiro atoms. The molecule has 1 saturated heterocycles. The largest absolute Gasteiger partial charge is 0.383 e. The maximum absolute atomic E-state index is 5.85. The predicted octanol–water partition coefficient (Wildman–Crippen LogP) is 1.66. The van der Waals surface area contributed by atoms with Crippen LogP contribution in [-0.4, -0.2) is 28.7 Å². The highest BCUT2D eigenvalue weighted by molar-refractivity contribution is 5.55. The van der Waals surface area contributed by atoms with Crippen molar-refractivity contribution in [2.24, 2.45) is 0 Å². The molecule has 0 amide bonds. The zero-order valence-electron chi connectivity index (χ0n) is 10.7. The van der Waals surface area contributed by atoms with E-state index in [0.717, 1.165) is 37.4 Å². The minimum Gasteiger partial charge on any atom is -0.383 e. The van der Waals surface area contributed by atoms with Crippen LogP contribution < -0.4 is 11.1 Å². The van der Waals surface area contributed by atoms with E-state index < -0.39 is 0 Å². The van der Waals surface area contributed by atoms with E-state index in [1.807, 2.05) is 13.8 Å². The summed E-state index contributed by atoms with van der Waals surface area (Å²) in [5.74, 6) is 2.10. The van der Waals surface area contributed by atoms with E-state index in [9.17, 15) is 0 Å². The standard InChI is InChI=1S/C12H20N4O/c1-8-10(13)14-9(2)15-11(8)16-12(3)4-6-17-7-5-12/h4-7H2,1-3H3,(H3,13,14,15,16). The first-order valence-electron chi connectivity index (χ1n) is 5.97. The van der Waals surface area contributed by atoms with Crippen LogP contribution in [0.3, 0.4) is 0 Å². The highest BCUT2D eigenvalue weighted by Crippen LogP contribution is 2.27. The van der Waals surface area contributed by atoms with E-state index in [1.54, 1.807) is 0 Å². The smallest absolute Gasteiger partial charge is 0.135 e. The van der Waals surface area contributed by atoms with E-state index in [4.69, 9.17) is 10.5 Å². The summed E-state index contributed by atoms with van der Waals surface area (Å²) in [5, 5.41) is 3.50. The fraction of sp³-hybridized carbons (Fsp3) is 0.667. The van der Waals surface area contributed by atoms with E-state index in [-0.39, 0.29) is 5.54 Å². The quantitative estimate of drug-likeness (QED) is 0.817. The Balaban J connectivity index is 2.23. The molecule has 0 radical (unpaired) electrons. The molecule has 1 aromatic rings. The Hall–Kier alpha value is -1.36. The van der Waals surface area contributed by atoms with Crippen LogP contribution in [-0.2, 0) is 4.74 Å². The monoisotopic (exact) mass is 236 g/mol. The predicted molar refractivity (Wildman–Crippen MR) is 68.0 cm³/mol. The van der Waals surface area contributed by atoms with Crippen molar-refractivity contribution in [3.8, 4) is 0 Å². The molecule has 1 aromatic heterocycles. The van der Waals surface area contributed by atoms with Gasteiger partial charge in [0, 0.05) is 24.3 Å². The third-order valence-electron chi connectivity index (χ3n) is 3.31. The van der Waals surface area contributed by atoms with Crippen LogP contribution >= 0.6 is 0 Å². The number of nitrogens with one attached hydrogen (secondary N) is 1. The van der Waals surface area contributed by atoms with Gasteiger partial charge in [-0.05, 0) is 33.6 Å². The van der Waals surface area contributed by atoms with Gasteiger partial charge in [0.05, 0.1) is 0 Å². The number of nitrogens with two attached hydrogens (primary N) is 1. The number of anilines is 2. The SMILES string of the molecule is Cc1nc(N)c(C)c(NC2(C)CCOCC2)n1. The topological polar surface area (TPSA) is 73.1 Å².